The molecule has 1 aromatic rings. The van der Waals surface area contributed by atoms with E-state index in [4.69, 9.17) is 4.74 Å². The van der Waals surface area contributed by atoms with Gasteiger partial charge in [-0.2, -0.15) is 0 Å². The molecule has 0 aliphatic heterocycles. The number of carbonyl (C=O) groups is 1. The maximum atomic E-state index is 12.0. The van der Waals surface area contributed by atoms with Crippen molar-refractivity contribution in [2.24, 2.45) is 0 Å². The van der Waals surface area contributed by atoms with Crippen LogP contribution in [0.5, 0.6) is 0 Å². The molecule has 1 atom stereocenters. The van der Waals surface area contributed by atoms with Crippen molar-refractivity contribution in [1.29, 1.82) is 0 Å². The monoisotopic (exact) mass is 249 g/mol. The molecule has 0 aliphatic rings. The van der Waals surface area contributed by atoms with E-state index in [1.165, 1.54) is 0 Å². The van der Waals surface area contributed by atoms with Crippen LogP contribution >= 0.6 is 0 Å². The highest BCUT2D eigenvalue weighted by Crippen LogP contribution is 2.23. The Bertz CT molecular complexity index is 390. The fourth-order valence-corrected chi connectivity index (χ4v) is 2.20. The van der Waals surface area contributed by atoms with E-state index in [-0.39, 0.29) is 11.8 Å². The predicted octanol–water partition coefficient (Wildman–Crippen LogP) is 3.14. The van der Waals surface area contributed by atoms with E-state index in [0.29, 0.717) is 13.0 Å². The van der Waals surface area contributed by atoms with Gasteiger partial charge in [-0.3, -0.25) is 4.79 Å². The van der Waals surface area contributed by atoms with Crippen LogP contribution in [0.15, 0.2) is 24.3 Å². The van der Waals surface area contributed by atoms with Crippen LogP contribution in [0.4, 0.5) is 5.69 Å². The van der Waals surface area contributed by atoms with Crippen LogP contribution in [0, 0.1) is 0 Å². The summed E-state index contributed by atoms with van der Waals surface area (Å²) in [6.07, 6.45) is 0.535. The Morgan fingerprint density at radius 1 is 1.33 bits per heavy atom. The molecule has 1 rings (SSSR count). The van der Waals surface area contributed by atoms with E-state index < -0.39 is 0 Å². The fraction of sp³-hybridized carbons (Fsp3) is 0.533. The SMILES string of the molecule is CCC(=O)c1ccccc1N(CC)C(C)COC. The third-order valence-corrected chi connectivity index (χ3v) is 3.12. The molecule has 0 saturated carbocycles. The third-order valence-electron chi connectivity index (χ3n) is 3.12. The summed E-state index contributed by atoms with van der Waals surface area (Å²) in [4.78, 5) is 14.2. The highest BCUT2D eigenvalue weighted by Gasteiger charge is 2.18. The Hall–Kier alpha value is -1.35. The molecule has 3 heteroatoms. The Morgan fingerprint density at radius 3 is 2.56 bits per heavy atom. The normalized spacial score (nSPS) is 12.2. The Labute approximate surface area is 110 Å². The molecule has 1 aromatic carbocycles. The summed E-state index contributed by atoms with van der Waals surface area (Å²) in [6.45, 7) is 7.62. The van der Waals surface area contributed by atoms with Crippen molar-refractivity contribution in [3.8, 4) is 0 Å². The zero-order valence-corrected chi connectivity index (χ0v) is 11.8. The lowest BCUT2D eigenvalue weighted by molar-refractivity contribution is 0.0988. The molecule has 0 heterocycles. The average molecular weight is 249 g/mol. The van der Waals surface area contributed by atoms with Crippen molar-refractivity contribution < 1.29 is 9.53 Å². The van der Waals surface area contributed by atoms with Gasteiger partial charge in [0.25, 0.3) is 0 Å². The number of ketones is 1. The molecule has 0 radical (unpaired) electrons. The minimum absolute atomic E-state index is 0.189. The second kappa shape index (κ2) is 7.17. The Balaban J connectivity index is 3.09. The van der Waals surface area contributed by atoms with E-state index in [1.807, 2.05) is 31.2 Å². The summed E-state index contributed by atoms with van der Waals surface area (Å²) < 4.78 is 5.21. The van der Waals surface area contributed by atoms with Crippen LogP contribution in [-0.4, -0.2) is 32.1 Å². The molecule has 0 fully saturated rings. The predicted molar refractivity (Wildman–Crippen MR) is 75.4 cm³/mol. The number of benzene rings is 1. The zero-order chi connectivity index (χ0) is 13.5. The molecular formula is C15H23NO2. The second-order valence-electron chi connectivity index (χ2n) is 4.38. The summed E-state index contributed by atoms with van der Waals surface area (Å²) in [5.41, 5.74) is 1.82. The molecule has 100 valence electrons. The lowest BCUT2D eigenvalue weighted by Crippen LogP contribution is -2.37. The summed E-state index contributed by atoms with van der Waals surface area (Å²) >= 11 is 0. The van der Waals surface area contributed by atoms with Gasteiger partial charge in [0.1, 0.15) is 0 Å². The fourth-order valence-electron chi connectivity index (χ4n) is 2.20. The number of carbonyl (C=O) groups excluding carboxylic acids is 1. The molecular weight excluding hydrogens is 226 g/mol. The smallest absolute Gasteiger partial charge is 0.164 e. The zero-order valence-electron chi connectivity index (χ0n) is 11.8. The van der Waals surface area contributed by atoms with E-state index >= 15 is 0 Å². The van der Waals surface area contributed by atoms with Gasteiger partial charge in [-0.05, 0) is 26.0 Å². The van der Waals surface area contributed by atoms with E-state index in [1.54, 1.807) is 7.11 Å². The van der Waals surface area contributed by atoms with Gasteiger partial charge in [0.2, 0.25) is 0 Å². The van der Waals surface area contributed by atoms with E-state index in [9.17, 15) is 4.79 Å². The standard InChI is InChI=1S/C15H23NO2/c1-5-15(17)13-9-7-8-10-14(13)16(6-2)12(3)11-18-4/h7-10,12H,5-6,11H2,1-4H3. The number of hydrogen-bond acceptors (Lipinski definition) is 3. The van der Waals surface area contributed by atoms with Gasteiger partial charge in [-0.1, -0.05) is 19.1 Å². The number of nitrogens with zero attached hydrogens (tertiary/aromatic N) is 1. The van der Waals surface area contributed by atoms with Crippen molar-refractivity contribution in [1.82, 2.24) is 0 Å². The summed E-state index contributed by atoms with van der Waals surface area (Å²) in [5.74, 6) is 0.189. The lowest BCUT2D eigenvalue weighted by Gasteiger charge is -2.31. The van der Waals surface area contributed by atoms with E-state index in [0.717, 1.165) is 17.8 Å². The largest absolute Gasteiger partial charge is 0.383 e. The number of Topliss-reactive ketones (excluding diaryl/α,β-unsaturated/α-hetero) is 1. The van der Waals surface area contributed by atoms with Gasteiger partial charge >= 0.3 is 0 Å². The van der Waals surface area contributed by atoms with Crippen LogP contribution in [-0.2, 0) is 4.74 Å². The van der Waals surface area contributed by atoms with E-state index in [2.05, 4.69) is 18.7 Å². The molecule has 3 nitrogen and oxygen atoms in total. The van der Waals surface area contributed by atoms with Crippen LogP contribution in [0.1, 0.15) is 37.6 Å². The van der Waals surface area contributed by atoms with Crippen molar-refractivity contribution in [3.63, 3.8) is 0 Å². The van der Waals surface area contributed by atoms with Gasteiger partial charge in [-0.15, -0.1) is 0 Å². The van der Waals surface area contributed by atoms with Crippen molar-refractivity contribution >= 4 is 11.5 Å². The maximum absolute atomic E-state index is 12.0. The first-order valence-electron chi connectivity index (χ1n) is 6.53. The van der Waals surface area contributed by atoms with Crippen LogP contribution in [0.3, 0.4) is 0 Å². The minimum Gasteiger partial charge on any atom is -0.383 e. The number of likely N-dealkylation sites (N-methyl/N-ethyl adjacent to an activating group) is 1. The summed E-state index contributed by atoms with van der Waals surface area (Å²) in [6, 6.07) is 8.07. The molecule has 0 N–H and O–H groups in total. The number of para-hydroxylation sites is 1. The van der Waals surface area contributed by atoms with Gasteiger partial charge in [-0.25, -0.2) is 0 Å². The number of anilines is 1. The third kappa shape index (κ3) is 3.33. The van der Waals surface area contributed by atoms with Gasteiger partial charge in [0.15, 0.2) is 5.78 Å². The minimum atomic E-state index is 0.189. The first-order valence-corrected chi connectivity index (χ1v) is 6.53. The summed E-state index contributed by atoms with van der Waals surface area (Å²) in [5, 5.41) is 0. The van der Waals surface area contributed by atoms with Crippen LogP contribution < -0.4 is 4.90 Å². The van der Waals surface area contributed by atoms with Crippen molar-refractivity contribution in [3.05, 3.63) is 29.8 Å². The molecule has 0 aromatic heterocycles. The first kappa shape index (κ1) is 14.7. The Morgan fingerprint density at radius 2 is 2.00 bits per heavy atom. The topological polar surface area (TPSA) is 29.5 Å². The van der Waals surface area contributed by atoms with Crippen LogP contribution in [0.25, 0.3) is 0 Å². The molecule has 18 heavy (non-hydrogen) atoms. The first-order chi connectivity index (χ1) is 8.65. The van der Waals surface area contributed by atoms with Crippen LogP contribution in [0.2, 0.25) is 0 Å². The maximum Gasteiger partial charge on any atom is 0.164 e. The lowest BCUT2D eigenvalue weighted by atomic mass is 10.0. The number of rotatable bonds is 7. The quantitative estimate of drug-likeness (QED) is 0.695. The van der Waals surface area contributed by atoms with Crippen molar-refractivity contribution in [2.75, 3.05) is 25.2 Å². The average Bonchev–Trinajstić information content (AvgIpc) is 2.39. The molecule has 1 unspecified atom stereocenters. The van der Waals surface area contributed by atoms with Gasteiger partial charge < -0.3 is 9.64 Å². The van der Waals surface area contributed by atoms with Gasteiger partial charge in [0, 0.05) is 37.4 Å². The molecule has 0 bridgehead atoms. The molecule has 0 saturated heterocycles. The van der Waals surface area contributed by atoms with Crippen molar-refractivity contribution in [2.45, 2.75) is 33.2 Å². The van der Waals surface area contributed by atoms with Gasteiger partial charge in [0.05, 0.1) is 6.61 Å². The number of ether oxygens (including phenoxy) is 1. The summed E-state index contributed by atoms with van der Waals surface area (Å²) in [7, 11) is 1.70. The molecule has 0 amide bonds. The molecule has 0 aliphatic carbocycles. The Kier molecular flexibility index (Phi) is 5.86. The highest BCUT2D eigenvalue weighted by molar-refractivity contribution is 6.01. The number of hydrogen-bond donors (Lipinski definition) is 0. The highest BCUT2D eigenvalue weighted by atomic mass is 16.5. The molecule has 0 spiro atoms. The number of methoxy groups -OCH3 is 1. The second-order valence-corrected chi connectivity index (χ2v) is 4.38.